The number of nitrogen functional groups attached to an aromatic ring is 1. The van der Waals surface area contributed by atoms with Crippen LogP contribution in [0.2, 0.25) is 0 Å². The molecule has 0 aliphatic heterocycles. The van der Waals surface area contributed by atoms with Gasteiger partial charge in [0.1, 0.15) is 5.82 Å². The summed E-state index contributed by atoms with van der Waals surface area (Å²) in [6.45, 7) is 1.98. The van der Waals surface area contributed by atoms with Crippen LogP contribution in [0.3, 0.4) is 0 Å². The van der Waals surface area contributed by atoms with E-state index in [1.54, 1.807) is 12.3 Å². The Kier molecular flexibility index (Phi) is 3.06. The summed E-state index contributed by atoms with van der Waals surface area (Å²) < 4.78 is 0. The van der Waals surface area contributed by atoms with Gasteiger partial charge in [-0.05, 0) is 26.0 Å². The van der Waals surface area contributed by atoms with Crippen LogP contribution in [0.25, 0.3) is 0 Å². The standard InChI is InChI=1S/C11H18N4/c1-15(10-2-3-10)7-6-14-11-8-9(12)4-5-13-11/h4-5,8,10H,2-3,6-7H2,1H3,(H3,12,13,14). The number of pyridine rings is 1. The molecule has 82 valence electrons. The molecule has 2 rings (SSSR count). The van der Waals surface area contributed by atoms with Crippen molar-refractivity contribution in [1.29, 1.82) is 0 Å². The summed E-state index contributed by atoms with van der Waals surface area (Å²) in [5.41, 5.74) is 6.41. The Morgan fingerprint density at radius 3 is 3.07 bits per heavy atom. The van der Waals surface area contributed by atoms with Gasteiger partial charge in [-0.3, -0.25) is 0 Å². The number of nitrogens with two attached hydrogens (primary N) is 1. The molecule has 0 bridgehead atoms. The van der Waals surface area contributed by atoms with E-state index in [2.05, 4.69) is 22.2 Å². The second kappa shape index (κ2) is 4.49. The van der Waals surface area contributed by atoms with Gasteiger partial charge < -0.3 is 16.0 Å². The monoisotopic (exact) mass is 206 g/mol. The fraction of sp³-hybridized carbons (Fsp3) is 0.545. The van der Waals surface area contributed by atoms with Crippen LogP contribution in [0, 0.1) is 0 Å². The lowest BCUT2D eigenvalue weighted by atomic mass is 10.4. The van der Waals surface area contributed by atoms with Crippen molar-refractivity contribution in [2.24, 2.45) is 0 Å². The van der Waals surface area contributed by atoms with E-state index in [1.807, 2.05) is 6.07 Å². The Labute approximate surface area is 90.5 Å². The van der Waals surface area contributed by atoms with Gasteiger partial charge in [0.05, 0.1) is 0 Å². The molecule has 0 unspecified atom stereocenters. The van der Waals surface area contributed by atoms with Gasteiger partial charge in [0.25, 0.3) is 0 Å². The molecule has 1 saturated carbocycles. The third-order valence-corrected chi connectivity index (χ3v) is 2.72. The van der Waals surface area contributed by atoms with E-state index in [1.165, 1.54) is 12.8 Å². The van der Waals surface area contributed by atoms with Crippen LogP contribution in [0.1, 0.15) is 12.8 Å². The first-order valence-corrected chi connectivity index (χ1v) is 5.41. The van der Waals surface area contributed by atoms with Gasteiger partial charge in [-0.15, -0.1) is 0 Å². The number of nitrogens with zero attached hydrogens (tertiary/aromatic N) is 2. The maximum Gasteiger partial charge on any atom is 0.127 e. The Balaban J connectivity index is 1.73. The summed E-state index contributed by atoms with van der Waals surface area (Å²) in [7, 11) is 2.17. The van der Waals surface area contributed by atoms with Gasteiger partial charge in [0.15, 0.2) is 0 Å². The van der Waals surface area contributed by atoms with E-state index in [0.717, 1.165) is 30.6 Å². The summed E-state index contributed by atoms with van der Waals surface area (Å²) in [6, 6.07) is 4.47. The summed E-state index contributed by atoms with van der Waals surface area (Å²) in [4.78, 5) is 6.58. The molecule has 1 aromatic heterocycles. The van der Waals surface area contributed by atoms with Crippen molar-refractivity contribution in [3.63, 3.8) is 0 Å². The van der Waals surface area contributed by atoms with Gasteiger partial charge in [-0.25, -0.2) is 4.98 Å². The van der Waals surface area contributed by atoms with Crippen molar-refractivity contribution < 1.29 is 0 Å². The average Bonchev–Trinajstić information content (AvgIpc) is 3.00. The number of aromatic nitrogens is 1. The van der Waals surface area contributed by atoms with Crippen molar-refractivity contribution >= 4 is 11.5 Å². The largest absolute Gasteiger partial charge is 0.399 e. The van der Waals surface area contributed by atoms with Crippen molar-refractivity contribution in [3.05, 3.63) is 18.3 Å². The number of hydrogen-bond acceptors (Lipinski definition) is 4. The number of nitrogens with one attached hydrogen (secondary N) is 1. The molecule has 4 heteroatoms. The minimum absolute atomic E-state index is 0.753. The quantitative estimate of drug-likeness (QED) is 0.759. The van der Waals surface area contributed by atoms with E-state index in [0.29, 0.717) is 0 Å². The lowest BCUT2D eigenvalue weighted by Crippen LogP contribution is -2.27. The van der Waals surface area contributed by atoms with E-state index in [9.17, 15) is 0 Å². The number of anilines is 2. The van der Waals surface area contributed by atoms with Crippen LogP contribution in [0.4, 0.5) is 11.5 Å². The second-order valence-electron chi connectivity index (χ2n) is 4.11. The van der Waals surface area contributed by atoms with Crippen LogP contribution < -0.4 is 11.1 Å². The lowest BCUT2D eigenvalue weighted by Gasteiger charge is -2.15. The van der Waals surface area contributed by atoms with Crippen LogP contribution >= 0.6 is 0 Å². The Morgan fingerprint density at radius 2 is 2.40 bits per heavy atom. The lowest BCUT2D eigenvalue weighted by molar-refractivity contribution is 0.337. The van der Waals surface area contributed by atoms with Crippen molar-refractivity contribution in [3.8, 4) is 0 Å². The van der Waals surface area contributed by atoms with Crippen molar-refractivity contribution in [2.75, 3.05) is 31.2 Å². The van der Waals surface area contributed by atoms with Gasteiger partial charge in [0.2, 0.25) is 0 Å². The first kappa shape index (κ1) is 10.2. The third-order valence-electron chi connectivity index (χ3n) is 2.72. The van der Waals surface area contributed by atoms with E-state index in [-0.39, 0.29) is 0 Å². The molecule has 4 nitrogen and oxygen atoms in total. The second-order valence-corrected chi connectivity index (χ2v) is 4.11. The third kappa shape index (κ3) is 3.09. The molecule has 1 heterocycles. The molecule has 0 radical (unpaired) electrons. The first-order valence-electron chi connectivity index (χ1n) is 5.41. The topological polar surface area (TPSA) is 54.2 Å². The Morgan fingerprint density at radius 1 is 1.60 bits per heavy atom. The Hall–Kier alpha value is -1.29. The highest BCUT2D eigenvalue weighted by Crippen LogP contribution is 2.24. The minimum Gasteiger partial charge on any atom is -0.399 e. The SMILES string of the molecule is CN(CCNc1cc(N)ccn1)C1CC1. The molecule has 1 fully saturated rings. The zero-order valence-electron chi connectivity index (χ0n) is 9.11. The summed E-state index contributed by atoms with van der Waals surface area (Å²) >= 11 is 0. The molecule has 0 spiro atoms. The molecule has 1 aromatic rings. The van der Waals surface area contributed by atoms with Crippen LogP contribution in [0.5, 0.6) is 0 Å². The summed E-state index contributed by atoms with van der Waals surface area (Å²) in [5, 5.41) is 3.27. The van der Waals surface area contributed by atoms with Gasteiger partial charge in [-0.2, -0.15) is 0 Å². The van der Waals surface area contributed by atoms with Crippen molar-refractivity contribution in [1.82, 2.24) is 9.88 Å². The molecular weight excluding hydrogens is 188 g/mol. The number of rotatable bonds is 5. The molecule has 0 atom stereocenters. The van der Waals surface area contributed by atoms with Crippen LogP contribution in [0.15, 0.2) is 18.3 Å². The molecule has 15 heavy (non-hydrogen) atoms. The molecule has 3 N–H and O–H groups in total. The smallest absolute Gasteiger partial charge is 0.127 e. The molecule has 1 aliphatic carbocycles. The normalized spacial score (nSPS) is 15.6. The highest BCUT2D eigenvalue weighted by molar-refractivity contribution is 5.48. The first-order chi connectivity index (χ1) is 7.25. The fourth-order valence-corrected chi connectivity index (χ4v) is 1.60. The van der Waals surface area contributed by atoms with E-state index < -0.39 is 0 Å². The minimum atomic E-state index is 0.753. The van der Waals surface area contributed by atoms with Gasteiger partial charge in [-0.1, -0.05) is 0 Å². The van der Waals surface area contributed by atoms with Crippen LogP contribution in [-0.4, -0.2) is 36.1 Å². The van der Waals surface area contributed by atoms with Crippen LogP contribution in [-0.2, 0) is 0 Å². The highest BCUT2D eigenvalue weighted by Gasteiger charge is 2.25. The van der Waals surface area contributed by atoms with Gasteiger partial charge >= 0.3 is 0 Å². The van der Waals surface area contributed by atoms with E-state index >= 15 is 0 Å². The fourth-order valence-electron chi connectivity index (χ4n) is 1.60. The molecule has 0 saturated heterocycles. The molecule has 1 aliphatic rings. The van der Waals surface area contributed by atoms with E-state index in [4.69, 9.17) is 5.73 Å². The molecular formula is C11H18N4. The summed E-state index contributed by atoms with van der Waals surface area (Å²) in [6.07, 6.45) is 4.43. The average molecular weight is 206 g/mol. The number of likely N-dealkylation sites (N-methyl/N-ethyl adjacent to an activating group) is 1. The molecule has 0 amide bonds. The summed E-state index contributed by atoms with van der Waals surface area (Å²) in [5.74, 6) is 0.860. The maximum absolute atomic E-state index is 5.66. The predicted molar refractivity (Wildman–Crippen MR) is 62.8 cm³/mol. The Bertz CT molecular complexity index is 322. The number of hydrogen-bond donors (Lipinski definition) is 2. The molecule has 0 aromatic carbocycles. The predicted octanol–water partition coefficient (Wildman–Crippen LogP) is 1.17. The van der Waals surface area contributed by atoms with Crippen molar-refractivity contribution in [2.45, 2.75) is 18.9 Å². The maximum atomic E-state index is 5.66. The zero-order chi connectivity index (χ0) is 10.7. The van der Waals surface area contributed by atoms with Gasteiger partial charge in [0, 0.05) is 37.1 Å². The zero-order valence-corrected chi connectivity index (χ0v) is 9.11. The highest BCUT2D eigenvalue weighted by atomic mass is 15.2.